The molecule has 0 saturated heterocycles. The van der Waals surface area contributed by atoms with E-state index >= 15 is 0 Å². The van der Waals surface area contributed by atoms with Crippen LogP contribution in [0.1, 0.15) is 115 Å². The smallest absolute Gasteiger partial charge is 0.252 e. The van der Waals surface area contributed by atoms with Gasteiger partial charge in [0.15, 0.2) is 5.58 Å². The van der Waals surface area contributed by atoms with E-state index in [1.54, 1.807) is 0 Å². The van der Waals surface area contributed by atoms with Crippen LogP contribution in [-0.4, -0.2) is 22.4 Å². The zero-order chi connectivity index (χ0) is 50.1. The Morgan fingerprint density at radius 1 is 0.453 bits per heavy atom. The molecule has 0 spiro atoms. The molecule has 366 valence electrons. The molecule has 4 aliphatic heterocycles. The lowest BCUT2D eigenvalue weighted by molar-refractivity contribution is 0.195. The van der Waals surface area contributed by atoms with E-state index in [4.69, 9.17) is 4.42 Å². The zero-order valence-corrected chi connectivity index (χ0v) is 44.0. The van der Waals surface area contributed by atoms with Crippen LogP contribution in [-0.2, 0) is 16.2 Å². The second-order valence-corrected chi connectivity index (χ2v) is 25.0. The van der Waals surface area contributed by atoms with Gasteiger partial charge in [0.2, 0.25) is 0 Å². The molecule has 0 N–H and O–H groups in total. The largest absolute Gasteiger partial charge is 0.454 e. The SMILES string of the molecule is CC1(C)c2ccccc2-c2c1c1cccc3c1n2-c1cc(N2c4ccccc4C4(C)CCCCC24C)cc2c1B3c1ccc(N3c4ccccc4C4(C)CCCCC34C)cc1N2c1cccc2c1oc1ccccc12. The normalized spacial score (nSPS) is 25.0. The van der Waals surface area contributed by atoms with Gasteiger partial charge in [0.25, 0.3) is 6.71 Å². The number of benzene rings is 8. The number of fused-ring (bicyclic) bond motifs is 18. The van der Waals surface area contributed by atoms with E-state index in [2.05, 4.69) is 225 Å². The topological polar surface area (TPSA) is 27.8 Å². The molecular weight excluding hydrogens is 912 g/mol. The maximum Gasteiger partial charge on any atom is 0.252 e. The Balaban J connectivity index is 1.02. The lowest BCUT2D eigenvalue weighted by Crippen LogP contribution is -2.61. The van der Waals surface area contributed by atoms with Crippen molar-refractivity contribution in [3.8, 4) is 16.9 Å². The quantitative estimate of drug-likeness (QED) is 0.165. The summed E-state index contributed by atoms with van der Waals surface area (Å²) in [6.07, 6.45) is 9.60. The molecule has 0 bridgehead atoms. The molecule has 75 heavy (non-hydrogen) atoms. The summed E-state index contributed by atoms with van der Waals surface area (Å²) in [6, 6.07) is 63.5. The third-order valence-corrected chi connectivity index (χ3v) is 21.4. The first-order valence-electron chi connectivity index (χ1n) is 28.1. The van der Waals surface area contributed by atoms with Gasteiger partial charge in [-0.05, 0) is 127 Å². The molecule has 4 atom stereocenters. The summed E-state index contributed by atoms with van der Waals surface area (Å²) in [5, 5.41) is 3.65. The lowest BCUT2D eigenvalue weighted by atomic mass is 9.33. The first-order valence-corrected chi connectivity index (χ1v) is 28.1. The van der Waals surface area contributed by atoms with E-state index in [0.29, 0.717) is 0 Å². The van der Waals surface area contributed by atoms with Crippen LogP contribution in [0.4, 0.5) is 39.8 Å². The molecule has 6 heteroatoms. The number of anilines is 7. The Morgan fingerprint density at radius 3 is 1.77 bits per heavy atom. The van der Waals surface area contributed by atoms with Crippen LogP contribution in [0.3, 0.4) is 0 Å². The minimum absolute atomic E-state index is 0.00809. The Hall–Kier alpha value is -7.44. The highest BCUT2D eigenvalue weighted by Gasteiger charge is 2.60. The van der Waals surface area contributed by atoms with E-state index in [0.717, 1.165) is 40.5 Å². The number of para-hydroxylation sites is 5. The minimum atomic E-state index is -0.189. The number of hydrogen-bond acceptors (Lipinski definition) is 4. The summed E-state index contributed by atoms with van der Waals surface area (Å²) in [5.41, 5.74) is 25.3. The van der Waals surface area contributed by atoms with Gasteiger partial charge < -0.3 is 23.7 Å². The third-order valence-electron chi connectivity index (χ3n) is 21.4. The fourth-order valence-electron chi connectivity index (χ4n) is 17.6. The predicted octanol–water partition coefficient (Wildman–Crippen LogP) is 15.9. The van der Waals surface area contributed by atoms with E-state index in [9.17, 15) is 0 Å². The van der Waals surface area contributed by atoms with Crippen molar-refractivity contribution in [2.75, 3.05) is 14.7 Å². The highest BCUT2D eigenvalue weighted by Crippen LogP contribution is 2.64. The van der Waals surface area contributed by atoms with Crippen molar-refractivity contribution in [2.24, 2.45) is 0 Å². The first kappa shape index (κ1) is 42.9. The second kappa shape index (κ2) is 14.1. The van der Waals surface area contributed by atoms with Crippen molar-refractivity contribution in [2.45, 2.75) is 120 Å². The van der Waals surface area contributed by atoms with Crippen LogP contribution in [0.15, 0.2) is 168 Å². The van der Waals surface area contributed by atoms with Gasteiger partial charge in [-0.2, -0.15) is 0 Å². The van der Waals surface area contributed by atoms with E-state index in [-0.39, 0.29) is 34.0 Å². The molecule has 6 heterocycles. The van der Waals surface area contributed by atoms with Crippen LogP contribution < -0.4 is 31.1 Å². The maximum atomic E-state index is 7.16. The average Bonchev–Trinajstić information content (AvgIpc) is 4.39. The van der Waals surface area contributed by atoms with Gasteiger partial charge >= 0.3 is 0 Å². The maximum absolute atomic E-state index is 7.16. The first-order chi connectivity index (χ1) is 36.5. The Kier molecular flexibility index (Phi) is 8.05. The molecule has 0 amide bonds. The zero-order valence-electron chi connectivity index (χ0n) is 44.0. The molecule has 2 fully saturated rings. The highest BCUT2D eigenvalue weighted by molar-refractivity contribution is 7.00. The Morgan fingerprint density at radius 2 is 1.03 bits per heavy atom. The van der Waals surface area contributed by atoms with Crippen molar-refractivity contribution >= 4 is 95.8 Å². The predicted molar refractivity (Wildman–Crippen MR) is 313 cm³/mol. The average molecular weight is 973 g/mol. The van der Waals surface area contributed by atoms with E-state index in [1.807, 2.05) is 0 Å². The van der Waals surface area contributed by atoms with Gasteiger partial charge in [-0.3, -0.25) is 0 Å². The Labute approximate surface area is 440 Å². The minimum Gasteiger partial charge on any atom is -0.454 e. The third kappa shape index (κ3) is 4.92. The van der Waals surface area contributed by atoms with Crippen LogP contribution in [0, 0.1) is 0 Å². The van der Waals surface area contributed by atoms with Crippen LogP contribution >= 0.6 is 0 Å². The summed E-state index contributed by atoms with van der Waals surface area (Å²) in [6.45, 7) is 15.2. The number of furan rings is 1. The van der Waals surface area contributed by atoms with E-state index in [1.165, 1.54) is 139 Å². The van der Waals surface area contributed by atoms with Gasteiger partial charge in [0, 0.05) is 83.3 Å². The van der Waals surface area contributed by atoms with E-state index < -0.39 is 0 Å². The fraction of sp³-hybridized carbons (Fsp3) is 0.275. The number of nitrogens with zero attached hydrogens (tertiary/aromatic N) is 4. The van der Waals surface area contributed by atoms with Crippen molar-refractivity contribution in [3.05, 3.63) is 186 Å². The molecule has 2 aromatic heterocycles. The van der Waals surface area contributed by atoms with Crippen LogP contribution in [0.5, 0.6) is 0 Å². The van der Waals surface area contributed by atoms with Crippen molar-refractivity contribution in [1.29, 1.82) is 0 Å². The molecule has 3 aliphatic carbocycles. The standard InChI is InChI=1S/C69H61BN4O/c1-65(2)48-25-9-7-22-46(48)63-60(65)47-24-19-28-52-62(47)72(63)58-41-43(74-54-30-13-11-27-50(54)67(4)36-16-18-38-69(67,74)6)40-57-61(58)70(52)51-34-33-42(73-53-29-12-10-26-49(53)66(3)35-15-17-37-68(66,73)5)39-56(51)71(57)55-31-20-23-45-44-21-8-14-32-59(44)75-64(45)55/h7-14,19-34,39-41H,15-18,35-38H2,1-6H3. The molecule has 7 aliphatic rings. The molecule has 0 radical (unpaired) electrons. The van der Waals surface area contributed by atoms with Gasteiger partial charge in [0.1, 0.15) is 5.58 Å². The van der Waals surface area contributed by atoms with Crippen molar-refractivity contribution < 1.29 is 4.42 Å². The van der Waals surface area contributed by atoms with Crippen molar-refractivity contribution in [1.82, 2.24) is 4.57 Å². The van der Waals surface area contributed by atoms with Crippen molar-refractivity contribution in [3.63, 3.8) is 0 Å². The molecule has 8 aromatic carbocycles. The highest BCUT2D eigenvalue weighted by atomic mass is 16.3. The van der Waals surface area contributed by atoms with Gasteiger partial charge in [0.05, 0.1) is 22.5 Å². The lowest BCUT2D eigenvalue weighted by Gasteiger charge is -2.51. The molecule has 17 rings (SSSR count). The van der Waals surface area contributed by atoms with Crippen LogP contribution in [0.2, 0.25) is 0 Å². The molecule has 10 aromatic rings. The molecule has 5 nitrogen and oxygen atoms in total. The fourth-order valence-corrected chi connectivity index (χ4v) is 17.6. The summed E-state index contributed by atoms with van der Waals surface area (Å²) in [4.78, 5) is 8.23. The summed E-state index contributed by atoms with van der Waals surface area (Å²) in [7, 11) is 0. The summed E-state index contributed by atoms with van der Waals surface area (Å²) < 4.78 is 9.90. The molecule has 2 saturated carbocycles. The number of rotatable bonds is 3. The van der Waals surface area contributed by atoms with Gasteiger partial charge in [-0.15, -0.1) is 0 Å². The molecular formula is C69H61BN4O. The summed E-state index contributed by atoms with van der Waals surface area (Å²) >= 11 is 0. The Bertz CT molecular complexity index is 4200. The van der Waals surface area contributed by atoms with Crippen LogP contribution in [0.25, 0.3) is 49.8 Å². The monoisotopic (exact) mass is 972 g/mol. The summed E-state index contributed by atoms with van der Waals surface area (Å²) in [5.74, 6) is 0. The van der Waals surface area contributed by atoms with Gasteiger partial charge in [-0.1, -0.05) is 169 Å². The second-order valence-electron chi connectivity index (χ2n) is 25.0. The number of hydrogen-bond donors (Lipinski definition) is 0. The van der Waals surface area contributed by atoms with Gasteiger partial charge in [-0.25, -0.2) is 0 Å². The number of aromatic nitrogens is 1. The molecule has 4 unspecified atom stereocenters.